The lowest BCUT2D eigenvalue weighted by Crippen LogP contribution is -2.44. The zero-order valence-corrected chi connectivity index (χ0v) is 9.96. The molecule has 2 rings (SSSR count). The van der Waals surface area contributed by atoms with E-state index in [1.54, 1.807) is 0 Å². The molecular weight excluding hydrogens is 210 g/mol. The molecule has 2 atom stereocenters. The van der Waals surface area contributed by atoms with Gasteiger partial charge in [0.05, 0.1) is 17.9 Å². The maximum Gasteiger partial charge on any atom is 0.180 e. The largest absolute Gasteiger partial charge is 0.375 e. The number of nitrogen functional groups attached to an aromatic ring is 1. The molecule has 1 aromatic heterocycles. The fraction of sp³-hybridized carbons (Fsp3) is 0.700. The molecule has 1 saturated heterocycles. The third-order valence-corrected chi connectivity index (χ3v) is 3.17. The Morgan fingerprint density at radius 1 is 1.53 bits per heavy atom. The van der Waals surface area contributed by atoms with Crippen molar-refractivity contribution in [1.29, 1.82) is 0 Å². The van der Waals surface area contributed by atoms with Crippen molar-refractivity contribution in [3.63, 3.8) is 0 Å². The fourth-order valence-corrected chi connectivity index (χ4v) is 2.59. The van der Waals surface area contributed by atoms with E-state index in [9.17, 15) is 0 Å². The number of morpholine rings is 1. The molecule has 5 heteroatoms. The number of rotatable bonds is 2. The number of ether oxygens (including phenoxy) is 1. The monoisotopic (exact) mass is 227 g/mol. The molecule has 15 heavy (non-hydrogen) atoms. The minimum Gasteiger partial charge on any atom is -0.375 e. The van der Waals surface area contributed by atoms with Crippen LogP contribution in [-0.2, 0) is 11.3 Å². The van der Waals surface area contributed by atoms with E-state index in [1.165, 1.54) is 11.3 Å². The summed E-state index contributed by atoms with van der Waals surface area (Å²) in [7, 11) is 0. The molecule has 2 heterocycles. The number of nitrogens with two attached hydrogens (primary N) is 1. The molecule has 0 spiro atoms. The van der Waals surface area contributed by atoms with Crippen molar-refractivity contribution in [2.45, 2.75) is 32.6 Å². The van der Waals surface area contributed by atoms with E-state index in [2.05, 4.69) is 23.7 Å². The van der Waals surface area contributed by atoms with Gasteiger partial charge in [-0.1, -0.05) is 0 Å². The summed E-state index contributed by atoms with van der Waals surface area (Å²) in [5.41, 5.74) is 6.67. The number of anilines is 1. The second kappa shape index (κ2) is 4.47. The molecule has 84 valence electrons. The number of aromatic nitrogens is 1. The van der Waals surface area contributed by atoms with E-state index < -0.39 is 0 Å². The van der Waals surface area contributed by atoms with Crippen molar-refractivity contribution in [2.75, 3.05) is 18.8 Å². The molecule has 0 bridgehead atoms. The first-order valence-corrected chi connectivity index (χ1v) is 6.09. The maximum absolute atomic E-state index is 5.68. The van der Waals surface area contributed by atoms with E-state index in [1.807, 2.05) is 5.38 Å². The standard InChI is InChI=1S/C10H17N3OS/c1-7-3-13(4-8(2)14-7)5-9-6-15-10(11)12-9/h6-8H,3-5H2,1-2H3,(H2,11,12)/t7-,8+. The van der Waals surface area contributed by atoms with E-state index >= 15 is 0 Å². The summed E-state index contributed by atoms with van der Waals surface area (Å²) in [5.74, 6) is 0. The lowest BCUT2D eigenvalue weighted by Gasteiger charge is -2.34. The highest BCUT2D eigenvalue weighted by Crippen LogP contribution is 2.16. The van der Waals surface area contributed by atoms with Gasteiger partial charge in [0.25, 0.3) is 0 Å². The van der Waals surface area contributed by atoms with Gasteiger partial charge >= 0.3 is 0 Å². The van der Waals surface area contributed by atoms with Crippen LogP contribution in [0.3, 0.4) is 0 Å². The summed E-state index contributed by atoms with van der Waals surface area (Å²) in [6, 6.07) is 0. The fourth-order valence-electron chi connectivity index (χ4n) is 2.04. The Hall–Kier alpha value is -0.650. The molecule has 2 N–H and O–H groups in total. The zero-order valence-electron chi connectivity index (χ0n) is 9.14. The summed E-state index contributed by atoms with van der Waals surface area (Å²) in [6.45, 7) is 7.05. The van der Waals surface area contributed by atoms with Gasteiger partial charge in [-0.05, 0) is 13.8 Å². The predicted octanol–water partition coefficient (Wildman–Crippen LogP) is 1.33. The van der Waals surface area contributed by atoms with Gasteiger partial charge in [0.1, 0.15) is 0 Å². The molecule has 1 fully saturated rings. The molecule has 1 aliphatic rings. The SMILES string of the molecule is C[C@@H]1CN(Cc2csc(N)n2)C[C@H](C)O1. The van der Waals surface area contributed by atoms with Crippen molar-refractivity contribution in [2.24, 2.45) is 0 Å². The Balaban J connectivity index is 1.94. The number of hydrogen-bond acceptors (Lipinski definition) is 5. The Bertz CT molecular complexity index is 318. The summed E-state index contributed by atoms with van der Waals surface area (Å²) >= 11 is 1.50. The van der Waals surface area contributed by atoms with Gasteiger partial charge < -0.3 is 10.5 Å². The highest BCUT2D eigenvalue weighted by atomic mass is 32.1. The lowest BCUT2D eigenvalue weighted by atomic mass is 10.2. The van der Waals surface area contributed by atoms with Crippen molar-refractivity contribution < 1.29 is 4.74 Å². The molecule has 0 radical (unpaired) electrons. The molecular formula is C10H17N3OS. The van der Waals surface area contributed by atoms with Gasteiger partial charge in [-0.15, -0.1) is 11.3 Å². The number of nitrogens with zero attached hydrogens (tertiary/aromatic N) is 2. The molecule has 4 nitrogen and oxygen atoms in total. The Kier molecular flexibility index (Phi) is 3.23. The van der Waals surface area contributed by atoms with Gasteiger partial charge in [-0.2, -0.15) is 0 Å². The highest BCUT2D eigenvalue weighted by Gasteiger charge is 2.22. The average Bonchev–Trinajstić information content (AvgIpc) is 2.49. The van der Waals surface area contributed by atoms with Crippen LogP contribution in [0, 0.1) is 0 Å². The van der Waals surface area contributed by atoms with Crippen LogP contribution in [0.5, 0.6) is 0 Å². The third-order valence-electron chi connectivity index (χ3n) is 2.45. The van der Waals surface area contributed by atoms with Gasteiger partial charge in [-0.3, -0.25) is 4.90 Å². The van der Waals surface area contributed by atoms with Gasteiger partial charge in [0.2, 0.25) is 0 Å². The van der Waals surface area contributed by atoms with Crippen LogP contribution in [0.15, 0.2) is 5.38 Å². The molecule has 1 aliphatic heterocycles. The van der Waals surface area contributed by atoms with E-state index in [0.717, 1.165) is 25.3 Å². The lowest BCUT2D eigenvalue weighted by molar-refractivity contribution is -0.0707. The topological polar surface area (TPSA) is 51.4 Å². The summed E-state index contributed by atoms with van der Waals surface area (Å²) in [6.07, 6.45) is 0.620. The van der Waals surface area contributed by atoms with Crippen LogP contribution >= 0.6 is 11.3 Å². The number of hydrogen-bond donors (Lipinski definition) is 1. The van der Waals surface area contributed by atoms with Crippen LogP contribution in [0.1, 0.15) is 19.5 Å². The minimum atomic E-state index is 0.310. The second-order valence-corrected chi connectivity index (χ2v) is 5.02. The zero-order chi connectivity index (χ0) is 10.8. The van der Waals surface area contributed by atoms with Crippen molar-refractivity contribution >= 4 is 16.5 Å². The Morgan fingerprint density at radius 2 is 2.20 bits per heavy atom. The predicted molar refractivity (Wildman–Crippen MR) is 61.8 cm³/mol. The molecule has 0 aromatic carbocycles. The summed E-state index contributed by atoms with van der Waals surface area (Å²) in [4.78, 5) is 6.64. The summed E-state index contributed by atoms with van der Waals surface area (Å²) < 4.78 is 5.68. The summed E-state index contributed by atoms with van der Waals surface area (Å²) in [5, 5.41) is 2.68. The average molecular weight is 227 g/mol. The smallest absolute Gasteiger partial charge is 0.180 e. The third kappa shape index (κ3) is 2.90. The molecule has 0 amide bonds. The molecule has 0 unspecified atom stereocenters. The Labute approximate surface area is 94.1 Å². The first-order chi connectivity index (χ1) is 7.13. The second-order valence-electron chi connectivity index (χ2n) is 4.13. The van der Waals surface area contributed by atoms with Gasteiger partial charge in [-0.25, -0.2) is 4.98 Å². The molecule has 0 saturated carbocycles. The van der Waals surface area contributed by atoms with Crippen molar-refractivity contribution in [3.05, 3.63) is 11.1 Å². The van der Waals surface area contributed by atoms with Crippen LogP contribution in [0.25, 0.3) is 0 Å². The van der Waals surface area contributed by atoms with Crippen molar-refractivity contribution in [1.82, 2.24) is 9.88 Å². The molecule has 1 aromatic rings. The Morgan fingerprint density at radius 3 is 2.73 bits per heavy atom. The van der Waals surface area contributed by atoms with Crippen molar-refractivity contribution in [3.8, 4) is 0 Å². The normalized spacial score (nSPS) is 28.1. The molecule has 0 aliphatic carbocycles. The van der Waals surface area contributed by atoms with Crippen LogP contribution in [-0.4, -0.2) is 35.2 Å². The van der Waals surface area contributed by atoms with Gasteiger partial charge in [0, 0.05) is 25.0 Å². The van der Waals surface area contributed by atoms with E-state index in [0.29, 0.717) is 17.3 Å². The number of thiazole rings is 1. The minimum absolute atomic E-state index is 0.310. The van der Waals surface area contributed by atoms with Gasteiger partial charge in [0.15, 0.2) is 5.13 Å². The quantitative estimate of drug-likeness (QED) is 0.828. The van der Waals surface area contributed by atoms with Crippen LogP contribution in [0.4, 0.5) is 5.13 Å². The first-order valence-electron chi connectivity index (χ1n) is 5.21. The van der Waals surface area contributed by atoms with Crippen LogP contribution in [0.2, 0.25) is 0 Å². The first kappa shape index (κ1) is 10.9. The van der Waals surface area contributed by atoms with Crippen LogP contribution < -0.4 is 5.73 Å². The van der Waals surface area contributed by atoms with E-state index in [-0.39, 0.29) is 0 Å². The highest BCUT2D eigenvalue weighted by molar-refractivity contribution is 7.13. The maximum atomic E-state index is 5.68. The van der Waals surface area contributed by atoms with E-state index in [4.69, 9.17) is 10.5 Å².